The Morgan fingerprint density at radius 1 is 0.463 bits per heavy atom. The Morgan fingerprint density at radius 3 is 1.46 bits per heavy atom. The quantitative estimate of drug-likeness (QED) is 0.228. The Labute approximate surface area is 240 Å². The van der Waals surface area contributed by atoms with Gasteiger partial charge < -0.3 is 4.57 Å². The Bertz CT molecular complexity index is 1940. The number of rotatable bonds is 4. The highest BCUT2D eigenvalue weighted by Crippen LogP contribution is 2.37. The van der Waals surface area contributed by atoms with Crippen molar-refractivity contribution in [3.63, 3.8) is 0 Å². The van der Waals surface area contributed by atoms with Gasteiger partial charge in [0.05, 0.1) is 11.0 Å². The molecule has 0 saturated carbocycles. The molecule has 41 heavy (non-hydrogen) atoms. The summed E-state index contributed by atoms with van der Waals surface area (Å²) in [6.07, 6.45) is 0. The molecule has 0 aliphatic heterocycles. The highest BCUT2D eigenvalue weighted by Gasteiger charge is 2.19. The molecule has 0 atom stereocenters. The van der Waals surface area contributed by atoms with E-state index in [0.717, 1.165) is 27.9 Å². The van der Waals surface area contributed by atoms with Crippen LogP contribution < -0.4 is 0 Å². The molecule has 2 aromatic heterocycles. The van der Waals surface area contributed by atoms with Gasteiger partial charge in [-0.05, 0) is 53.4 Å². The summed E-state index contributed by atoms with van der Waals surface area (Å²) >= 11 is 0. The molecular weight excluding hydrogens is 500 g/mol. The maximum absolute atomic E-state index is 4.98. The molecule has 5 aromatic carbocycles. The van der Waals surface area contributed by atoms with Gasteiger partial charge >= 0.3 is 0 Å². The lowest BCUT2D eigenvalue weighted by Crippen LogP contribution is -2.10. The molecule has 0 radical (unpaired) electrons. The van der Waals surface area contributed by atoms with Crippen LogP contribution in [-0.2, 0) is 5.41 Å². The van der Waals surface area contributed by atoms with Crippen molar-refractivity contribution in [1.82, 2.24) is 19.5 Å². The van der Waals surface area contributed by atoms with Crippen LogP contribution in [0, 0.1) is 0 Å². The first-order chi connectivity index (χ1) is 20.0. The monoisotopic (exact) mass is 530 g/mol. The zero-order chi connectivity index (χ0) is 28.0. The van der Waals surface area contributed by atoms with E-state index in [9.17, 15) is 0 Å². The molecule has 0 N–H and O–H groups in total. The Kier molecular flexibility index (Phi) is 5.97. The van der Waals surface area contributed by atoms with Crippen LogP contribution in [0.1, 0.15) is 26.3 Å². The minimum atomic E-state index is 0.0380. The fourth-order valence-electron chi connectivity index (χ4n) is 5.42. The van der Waals surface area contributed by atoms with E-state index < -0.39 is 0 Å². The van der Waals surface area contributed by atoms with Gasteiger partial charge in [-0.2, -0.15) is 0 Å². The molecule has 0 unspecified atom stereocenters. The molecule has 0 bridgehead atoms. The summed E-state index contributed by atoms with van der Waals surface area (Å²) in [4.78, 5) is 14.8. The fourth-order valence-corrected chi connectivity index (χ4v) is 5.42. The standard InChI is InChI=1S/C37H30N4/c1-37(2,3)28-20-22-33-31(24-28)30-23-27(19-21-32(30)41(33)29-17-11-6-12-18-29)36-39-34(25-13-7-4-8-14-25)38-35(40-36)26-15-9-5-10-16-26/h4-24H,1-3H3. The predicted octanol–water partition coefficient (Wildman–Crippen LogP) is 9.27. The summed E-state index contributed by atoms with van der Waals surface area (Å²) in [7, 11) is 0. The second-order valence-corrected chi connectivity index (χ2v) is 11.4. The van der Waals surface area contributed by atoms with E-state index in [2.05, 4.69) is 92.1 Å². The first kappa shape index (κ1) is 24.9. The summed E-state index contributed by atoms with van der Waals surface area (Å²) < 4.78 is 2.35. The topological polar surface area (TPSA) is 43.6 Å². The number of nitrogens with zero attached hydrogens (tertiary/aromatic N) is 4. The highest BCUT2D eigenvalue weighted by atomic mass is 15.0. The van der Waals surface area contributed by atoms with Crippen molar-refractivity contribution < 1.29 is 0 Å². The number of aromatic nitrogens is 4. The van der Waals surface area contributed by atoms with Gasteiger partial charge in [0, 0.05) is 33.2 Å². The van der Waals surface area contributed by atoms with E-state index in [4.69, 9.17) is 15.0 Å². The molecule has 7 aromatic rings. The molecule has 7 rings (SSSR count). The Hall–Kier alpha value is -5.09. The summed E-state index contributed by atoms with van der Waals surface area (Å²) in [5, 5.41) is 2.40. The van der Waals surface area contributed by atoms with E-state index in [1.54, 1.807) is 0 Å². The zero-order valence-electron chi connectivity index (χ0n) is 23.4. The molecule has 0 amide bonds. The fraction of sp³-hybridized carbons (Fsp3) is 0.108. The third kappa shape index (κ3) is 4.57. The molecule has 2 heterocycles. The van der Waals surface area contributed by atoms with Crippen LogP contribution >= 0.6 is 0 Å². The SMILES string of the molecule is CC(C)(C)c1ccc2c(c1)c1cc(-c3nc(-c4ccccc4)nc(-c4ccccc4)n3)ccc1n2-c1ccccc1. The zero-order valence-corrected chi connectivity index (χ0v) is 23.4. The van der Waals surface area contributed by atoms with Crippen molar-refractivity contribution in [3.05, 3.63) is 133 Å². The van der Waals surface area contributed by atoms with Gasteiger partial charge in [0.1, 0.15) is 0 Å². The molecular formula is C37H30N4. The van der Waals surface area contributed by atoms with Crippen LogP contribution in [0.3, 0.4) is 0 Å². The number of fused-ring (bicyclic) bond motifs is 3. The predicted molar refractivity (Wildman–Crippen MR) is 169 cm³/mol. The highest BCUT2D eigenvalue weighted by molar-refractivity contribution is 6.10. The van der Waals surface area contributed by atoms with Crippen LogP contribution in [0.5, 0.6) is 0 Å². The average molecular weight is 531 g/mol. The molecule has 0 aliphatic carbocycles. The lowest BCUT2D eigenvalue weighted by molar-refractivity contribution is 0.591. The van der Waals surface area contributed by atoms with Gasteiger partial charge in [0.2, 0.25) is 0 Å². The maximum atomic E-state index is 4.98. The van der Waals surface area contributed by atoms with E-state index in [0.29, 0.717) is 17.5 Å². The van der Waals surface area contributed by atoms with E-state index in [-0.39, 0.29) is 5.41 Å². The summed E-state index contributed by atoms with van der Waals surface area (Å²) in [5.74, 6) is 1.99. The lowest BCUT2D eigenvalue weighted by Gasteiger charge is -2.19. The first-order valence-corrected chi connectivity index (χ1v) is 14.0. The molecule has 0 spiro atoms. The second kappa shape index (κ2) is 9.83. The smallest absolute Gasteiger partial charge is 0.164 e. The Morgan fingerprint density at radius 2 is 0.927 bits per heavy atom. The van der Waals surface area contributed by atoms with E-state index in [1.807, 2.05) is 60.7 Å². The van der Waals surface area contributed by atoms with Gasteiger partial charge in [-0.15, -0.1) is 0 Å². The van der Waals surface area contributed by atoms with Crippen LogP contribution in [0.15, 0.2) is 127 Å². The largest absolute Gasteiger partial charge is 0.309 e. The number of para-hydroxylation sites is 1. The normalized spacial score (nSPS) is 11.8. The number of hydrogen-bond donors (Lipinski definition) is 0. The van der Waals surface area contributed by atoms with Gasteiger partial charge in [-0.1, -0.05) is 106 Å². The summed E-state index contributed by atoms with van der Waals surface area (Å²) in [5.41, 5.74) is 7.71. The minimum absolute atomic E-state index is 0.0380. The maximum Gasteiger partial charge on any atom is 0.164 e. The van der Waals surface area contributed by atoms with Crippen molar-refractivity contribution in [2.24, 2.45) is 0 Å². The van der Waals surface area contributed by atoms with E-state index in [1.165, 1.54) is 21.9 Å². The van der Waals surface area contributed by atoms with Crippen LogP contribution in [-0.4, -0.2) is 19.5 Å². The molecule has 0 aliphatic rings. The molecule has 198 valence electrons. The molecule has 0 saturated heterocycles. The van der Waals surface area contributed by atoms with Crippen LogP contribution in [0.25, 0.3) is 61.7 Å². The van der Waals surface area contributed by atoms with Gasteiger partial charge in [0.25, 0.3) is 0 Å². The van der Waals surface area contributed by atoms with E-state index >= 15 is 0 Å². The van der Waals surface area contributed by atoms with Gasteiger partial charge in [0.15, 0.2) is 17.5 Å². The third-order valence-electron chi connectivity index (χ3n) is 7.60. The van der Waals surface area contributed by atoms with Crippen LogP contribution in [0.2, 0.25) is 0 Å². The second-order valence-electron chi connectivity index (χ2n) is 11.4. The number of benzene rings is 5. The summed E-state index contributed by atoms with van der Waals surface area (Å²) in [6.45, 7) is 6.78. The van der Waals surface area contributed by atoms with Crippen molar-refractivity contribution >= 4 is 21.8 Å². The molecule has 0 fully saturated rings. The first-order valence-electron chi connectivity index (χ1n) is 14.0. The number of hydrogen-bond acceptors (Lipinski definition) is 3. The lowest BCUT2D eigenvalue weighted by atomic mass is 9.86. The van der Waals surface area contributed by atoms with Gasteiger partial charge in [-0.3, -0.25) is 0 Å². The third-order valence-corrected chi connectivity index (χ3v) is 7.60. The van der Waals surface area contributed by atoms with Gasteiger partial charge in [-0.25, -0.2) is 15.0 Å². The Balaban J connectivity index is 1.49. The minimum Gasteiger partial charge on any atom is -0.309 e. The average Bonchev–Trinajstić information content (AvgIpc) is 3.35. The van der Waals surface area contributed by atoms with Crippen molar-refractivity contribution in [1.29, 1.82) is 0 Å². The van der Waals surface area contributed by atoms with Crippen LogP contribution in [0.4, 0.5) is 0 Å². The summed E-state index contributed by atoms with van der Waals surface area (Å²) in [6, 6.07) is 44.2. The van der Waals surface area contributed by atoms with Crippen molar-refractivity contribution in [2.45, 2.75) is 26.2 Å². The van der Waals surface area contributed by atoms with Crippen molar-refractivity contribution in [2.75, 3.05) is 0 Å². The molecule has 4 heteroatoms. The van der Waals surface area contributed by atoms with Crippen molar-refractivity contribution in [3.8, 4) is 39.9 Å². The molecule has 4 nitrogen and oxygen atoms in total.